The molecule has 0 N–H and O–H groups in total. The smallest absolute Gasteiger partial charge is 0.266 e. The van der Waals surface area contributed by atoms with E-state index in [0.717, 1.165) is 29.3 Å². The largest absolute Gasteiger partial charge is 0.328 e. The highest BCUT2D eigenvalue weighted by atomic mass is 32.1. The predicted molar refractivity (Wildman–Crippen MR) is 92.9 cm³/mol. The second-order valence-corrected chi connectivity index (χ2v) is 6.91. The molecule has 1 amide bonds. The van der Waals surface area contributed by atoms with Gasteiger partial charge in [0.25, 0.3) is 5.91 Å². The average molecular weight is 338 g/mol. The number of imidazole rings is 1. The number of rotatable bonds is 2. The number of nitrogens with zero attached hydrogens (tertiary/aromatic N) is 4. The van der Waals surface area contributed by atoms with E-state index in [1.165, 1.54) is 11.3 Å². The Morgan fingerprint density at radius 2 is 2.00 bits per heavy atom. The van der Waals surface area contributed by atoms with E-state index in [0.29, 0.717) is 11.4 Å². The number of aryl methyl sites for hydroxylation is 2. The van der Waals surface area contributed by atoms with Gasteiger partial charge in [-0.15, -0.1) is 11.3 Å². The molecule has 3 heterocycles. The molecular weight excluding hydrogens is 320 g/mol. The summed E-state index contributed by atoms with van der Waals surface area (Å²) >= 11 is 1.41. The maximum Gasteiger partial charge on any atom is 0.266 e. The third-order valence-electron chi connectivity index (χ3n) is 4.57. The standard InChI is InChI=1S/C18H18N4OS/c1-12-8-19-16-10-22(18(23)17-13(2)20-11-24-17)15(9-21(12)16)14-6-4-3-5-7-14/h3-8,11,15H,9-10H2,1-2H3. The molecule has 1 aromatic carbocycles. The molecule has 0 aliphatic carbocycles. The summed E-state index contributed by atoms with van der Waals surface area (Å²) in [6.45, 7) is 5.19. The molecule has 0 saturated heterocycles. The Hall–Kier alpha value is -2.47. The lowest BCUT2D eigenvalue weighted by atomic mass is 10.0. The van der Waals surface area contributed by atoms with Crippen LogP contribution < -0.4 is 0 Å². The summed E-state index contributed by atoms with van der Waals surface area (Å²) in [6, 6.07) is 10.2. The molecule has 5 nitrogen and oxygen atoms in total. The Labute approximate surface area is 144 Å². The Bertz CT molecular complexity index is 884. The molecule has 6 heteroatoms. The molecule has 0 saturated carbocycles. The van der Waals surface area contributed by atoms with Crippen LogP contribution in [-0.2, 0) is 13.1 Å². The van der Waals surface area contributed by atoms with Crippen LogP contribution in [-0.4, -0.2) is 25.3 Å². The van der Waals surface area contributed by atoms with Crippen molar-refractivity contribution in [3.8, 4) is 0 Å². The number of benzene rings is 1. The predicted octanol–water partition coefficient (Wildman–Crippen LogP) is 3.35. The Kier molecular flexibility index (Phi) is 3.69. The van der Waals surface area contributed by atoms with E-state index in [2.05, 4.69) is 33.6 Å². The van der Waals surface area contributed by atoms with Crippen LogP contribution in [0.5, 0.6) is 0 Å². The van der Waals surface area contributed by atoms with Crippen molar-refractivity contribution >= 4 is 17.2 Å². The summed E-state index contributed by atoms with van der Waals surface area (Å²) in [5.41, 5.74) is 4.80. The Balaban J connectivity index is 1.77. The third kappa shape index (κ3) is 2.43. The molecule has 1 atom stereocenters. The van der Waals surface area contributed by atoms with Crippen molar-refractivity contribution in [2.75, 3.05) is 0 Å². The van der Waals surface area contributed by atoms with Gasteiger partial charge >= 0.3 is 0 Å². The monoisotopic (exact) mass is 338 g/mol. The van der Waals surface area contributed by atoms with Gasteiger partial charge in [0.2, 0.25) is 0 Å². The number of thiazole rings is 1. The lowest BCUT2D eigenvalue weighted by molar-refractivity contribution is 0.0587. The molecule has 0 fully saturated rings. The molecule has 1 unspecified atom stereocenters. The van der Waals surface area contributed by atoms with Crippen molar-refractivity contribution in [2.45, 2.75) is 33.0 Å². The maximum atomic E-state index is 13.1. The van der Waals surface area contributed by atoms with Crippen LogP contribution in [0.15, 0.2) is 42.0 Å². The molecule has 2 aromatic heterocycles. The van der Waals surface area contributed by atoms with Crippen LogP contribution in [0.4, 0.5) is 0 Å². The van der Waals surface area contributed by atoms with E-state index in [1.54, 1.807) is 5.51 Å². The van der Waals surface area contributed by atoms with Crippen LogP contribution in [0.25, 0.3) is 0 Å². The summed E-state index contributed by atoms with van der Waals surface area (Å²) in [6.07, 6.45) is 1.88. The third-order valence-corrected chi connectivity index (χ3v) is 5.48. The molecule has 122 valence electrons. The van der Waals surface area contributed by atoms with Gasteiger partial charge in [-0.1, -0.05) is 30.3 Å². The number of amides is 1. The molecule has 4 rings (SSSR count). The lowest BCUT2D eigenvalue weighted by Crippen LogP contribution is -2.41. The highest BCUT2D eigenvalue weighted by Gasteiger charge is 2.33. The summed E-state index contributed by atoms with van der Waals surface area (Å²) in [5.74, 6) is 0.978. The quantitative estimate of drug-likeness (QED) is 0.720. The van der Waals surface area contributed by atoms with E-state index in [9.17, 15) is 4.79 Å². The summed E-state index contributed by atoms with van der Waals surface area (Å²) in [7, 11) is 0. The minimum absolute atomic E-state index is 0.000556. The zero-order valence-electron chi connectivity index (χ0n) is 13.6. The molecule has 1 aliphatic heterocycles. The van der Waals surface area contributed by atoms with Gasteiger partial charge in [0.1, 0.15) is 10.7 Å². The van der Waals surface area contributed by atoms with Gasteiger partial charge in [-0.05, 0) is 19.4 Å². The topological polar surface area (TPSA) is 51.0 Å². The number of carbonyl (C=O) groups excluding carboxylic acids is 1. The second kappa shape index (κ2) is 5.87. The van der Waals surface area contributed by atoms with Gasteiger partial charge in [-0.2, -0.15) is 0 Å². The van der Waals surface area contributed by atoms with Crippen molar-refractivity contribution in [1.82, 2.24) is 19.4 Å². The van der Waals surface area contributed by atoms with Crippen molar-refractivity contribution in [3.63, 3.8) is 0 Å². The van der Waals surface area contributed by atoms with Crippen LogP contribution in [0, 0.1) is 13.8 Å². The average Bonchev–Trinajstić information content (AvgIpc) is 3.20. The Morgan fingerprint density at radius 1 is 1.21 bits per heavy atom. The van der Waals surface area contributed by atoms with E-state index >= 15 is 0 Å². The summed E-state index contributed by atoms with van der Waals surface area (Å²) < 4.78 is 2.21. The summed E-state index contributed by atoms with van der Waals surface area (Å²) in [5, 5.41) is 0. The fourth-order valence-corrected chi connectivity index (χ4v) is 3.99. The van der Waals surface area contributed by atoms with Crippen LogP contribution in [0.1, 0.15) is 38.5 Å². The highest BCUT2D eigenvalue weighted by Crippen LogP contribution is 2.32. The number of hydrogen-bond donors (Lipinski definition) is 0. The van der Waals surface area contributed by atoms with E-state index < -0.39 is 0 Å². The molecule has 3 aromatic rings. The first-order chi connectivity index (χ1) is 11.6. The SMILES string of the molecule is Cc1ncsc1C(=O)N1Cc2ncc(C)n2CC1c1ccccc1. The maximum absolute atomic E-state index is 13.1. The van der Waals surface area contributed by atoms with Gasteiger partial charge in [0.05, 0.1) is 23.8 Å². The first-order valence-corrected chi connectivity index (χ1v) is 8.80. The fourth-order valence-electron chi connectivity index (χ4n) is 3.23. The number of aromatic nitrogens is 3. The van der Waals surface area contributed by atoms with Gasteiger partial charge in [0, 0.05) is 18.4 Å². The minimum Gasteiger partial charge on any atom is -0.328 e. The number of hydrogen-bond acceptors (Lipinski definition) is 4. The first kappa shape index (κ1) is 15.1. The van der Waals surface area contributed by atoms with Crippen LogP contribution >= 0.6 is 11.3 Å². The van der Waals surface area contributed by atoms with E-state index in [4.69, 9.17) is 0 Å². The Morgan fingerprint density at radius 3 is 2.71 bits per heavy atom. The number of carbonyl (C=O) groups is 1. The van der Waals surface area contributed by atoms with Gasteiger partial charge in [-0.3, -0.25) is 4.79 Å². The van der Waals surface area contributed by atoms with Gasteiger partial charge in [0.15, 0.2) is 0 Å². The van der Waals surface area contributed by atoms with Gasteiger partial charge in [-0.25, -0.2) is 9.97 Å². The van der Waals surface area contributed by atoms with Crippen LogP contribution in [0.2, 0.25) is 0 Å². The van der Waals surface area contributed by atoms with Crippen molar-refractivity contribution in [1.29, 1.82) is 0 Å². The molecule has 0 radical (unpaired) electrons. The first-order valence-electron chi connectivity index (χ1n) is 7.92. The highest BCUT2D eigenvalue weighted by molar-refractivity contribution is 7.11. The molecule has 0 spiro atoms. The normalized spacial score (nSPS) is 16.9. The second-order valence-electron chi connectivity index (χ2n) is 6.05. The van der Waals surface area contributed by atoms with E-state index in [1.807, 2.05) is 36.2 Å². The van der Waals surface area contributed by atoms with Gasteiger partial charge < -0.3 is 9.47 Å². The zero-order chi connectivity index (χ0) is 16.7. The molecule has 24 heavy (non-hydrogen) atoms. The molecular formula is C18H18N4OS. The summed E-state index contributed by atoms with van der Waals surface area (Å²) in [4.78, 5) is 24.5. The lowest BCUT2D eigenvalue weighted by Gasteiger charge is -2.36. The minimum atomic E-state index is 0.000556. The molecule has 1 aliphatic rings. The van der Waals surface area contributed by atoms with Crippen molar-refractivity contribution in [3.05, 3.63) is 69.7 Å². The fraction of sp³-hybridized carbons (Fsp3) is 0.278. The van der Waals surface area contributed by atoms with Crippen LogP contribution in [0.3, 0.4) is 0 Å². The molecule has 0 bridgehead atoms. The van der Waals surface area contributed by atoms with Crippen molar-refractivity contribution < 1.29 is 4.79 Å². The van der Waals surface area contributed by atoms with E-state index in [-0.39, 0.29) is 11.9 Å². The van der Waals surface area contributed by atoms with Crippen molar-refractivity contribution in [2.24, 2.45) is 0 Å². The zero-order valence-corrected chi connectivity index (χ0v) is 14.5. The number of fused-ring (bicyclic) bond motifs is 1.